The van der Waals surface area contributed by atoms with E-state index in [-0.39, 0.29) is 16.1 Å². The van der Waals surface area contributed by atoms with Gasteiger partial charge in [0.15, 0.2) is 0 Å². The number of hydrogen-bond donors (Lipinski definition) is 2. The summed E-state index contributed by atoms with van der Waals surface area (Å²) in [6, 6.07) is 20.5. The zero-order valence-corrected chi connectivity index (χ0v) is 23.1. The Morgan fingerprint density at radius 1 is 1.00 bits per heavy atom. The van der Waals surface area contributed by atoms with Crippen molar-refractivity contribution in [2.24, 2.45) is 0 Å². The topological polar surface area (TPSA) is 105 Å². The van der Waals surface area contributed by atoms with E-state index in [0.717, 1.165) is 35.7 Å². The van der Waals surface area contributed by atoms with E-state index >= 15 is 0 Å². The van der Waals surface area contributed by atoms with E-state index in [9.17, 15) is 22.4 Å². The monoisotopic (exact) mass is 579 g/mol. The smallest absolute Gasteiger partial charge is 0.341 e. The normalized spacial score (nSPS) is 13.3. The molecule has 1 aliphatic rings. The van der Waals surface area contributed by atoms with Crippen LogP contribution in [0.3, 0.4) is 0 Å². The standard InChI is InChI=1S/C29H26FN3O5S2/c1-38-29(35)26-24-15-16-33(17-19-5-3-2-4-6-19)18-25(24)39-28(26)31-27(34)20-7-11-22(12-8-20)32-40(36,37)23-13-9-21(30)10-14-23/h2-14,32H,15-18H2,1H3,(H,31,34). The van der Waals surface area contributed by atoms with Gasteiger partial charge in [-0.2, -0.15) is 0 Å². The minimum absolute atomic E-state index is 0.0879. The summed E-state index contributed by atoms with van der Waals surface area (Å²) in [5.41, 5.74) is 2.98. The van der Waals surface area contributed by atoms with Crippen molar-refractivity contribution in [3.8, 4) is 0 Å². The highest BCUT2D eigenvalue weighted by Gasteiger charge is 2.29. The number of rotatable bonds is 8. The molecule has 1 amide bonds. The van der Waals surface area contributed by atoms with Crippen molar-refractivity contribution in [1.29, 1.82) is 0 Å². The summed E-state index contributed by atoms with van der Waals surface area (Å²) in [7, 11) is -2.61. The Kier molecular flexibility index (Phi) is 7.97. The molecular formula is C29H26FN3O5S2. The van der Waals surface area contributed by atoms with Gasteiger partial charge in [0, 0.05) is 35.8 Å². The van der Waals surface area contributed by atoms with E-state index in [0.29, 0.717) is 23.5 Å². The zero-order valence-electron chi connectivity index (χ0n) is 21.5. The first-order valence-corrected chi connectivity index (χ1v) is 14.7. The number of ether oxygens (including phenoxy) is 1. The molecule has 5 rings (SSSR count). The van der Waals surface area contributed by atoms with Gasteiger partial charge in [0.05, 0.1) is 17.6 Å². The maximum Gasteiger partial charge on any atom is 0.341 e. The van der Waals surface area contributed by atoms with E-state index in [4.69, 9.17) is 4.74 Å². The van der Waals surface area contributed by atoms with Crippen LogP contribution in [0.25, 0.3) is 0 Å². The summed E-state index contributed by atoms with van der Waals surface area (Å²) >= 11 is 1.36. The average molecular weight is 580 g/mol. The van der Waals surface area contributed by atoms with Gasteiger partial charge in [-0.05, 0) is 66.1 Å². The summed E-state index contributed by atoms with van der Waals surface area (Å²) < 4.78 is 45.7. The summed E-state index contributed by atoms with van der Waals surface area (Å²) in [5, 5.41) is 3.27. The third-order valence-corrected chi connectivity index (χ3v) is 9.05. The van der Waals surface area contributed by atoms with Crippen molar-refractivity contribution in [1.82, 2.24) is 4.90 Å². The van der Waals surface area contributed by atoms with Gasteiger partial charge in [-0.3, -0.25) is 14.4 Å². The molecule has 0 spiro atoms. The molecule has 1 aliphatic heterocycles. The molecule has 0 fully saturated rings. The molecule has 11 heteroatoms. The quantitative estimate of drug-likeness (QED) is 0.275. The first-order valence-electron chi connectivity index (χ1n) is 12.4. The Hall–Kier alpha value is -4.06. The van der Waals surface area contributed by atoms with E-state index in [1.54, 1.807) is 0 Å². The Morgan fingerprint density at radius 2 is 1.70 bits per heavy atom. The van der Waals surface area contributed by atoms with Crippen molar-refractivity contribution in [2.45, 2.75) is 24.4 Å². The number of nitrogens with one attached hydrogen (secondary N) is 2. The minimum Gasteiger partial charge on any atom is -0.465 e. The number of benzene rings is 3. The highest BCUT2D eigenvalue weighted by atomic mass is 32.2. The number of thiophene rings is 1. The van der Waals surface area contributed by atoms with Crippen molar-refractivity contribution < 1.29 is 27.1 Å². The van der Waals surface area contributed by atoms with Crippen LogP contribution in [-0.2, 0) is 34.3 Å². The summed E-state index contributed by atoms with van der Waals surface area (Å²) in [4.78, 5) is 29.0. The Morgan fingerprint density at radius 3 is 2.38 bits per heavy atom. The summed E-state index contributed by atoms with van der Waals surface area (Å²) in [5.74, 6) is -1.49. The van der Waals surface area contributed by atoms with Gasteiger partial charge >= 0.3 is 5.97 Å². The lowest BCUT2D eigenvalue weighted by Gasteiger charge is -2.27. The van der Waals surface area contributed by atoms with Crippen LogP contribution in [-0.4, -0.2) is 38.8 Å². The second-order valence-electron chi connectivity index (χ2n) is 9.24. The van der Waals surface area contributed by atoms with Crippen LogP contribution in [0, 0.1) is 5.82 Å². The third kappa shape index (κ3) is 6.06. The van der Waals surface area contributed by atoms with Gasteiger partial charge < -0.3 is 10.1 Å². The number of carbonyl (C=O) groups is 2. The maximum absolute atomic E-state index is 13.2. The fourth-order valence-electron chi connectivity index (χ4n) is 4.53. The number of sulfonamides is 1. The summed E-state index contributed by atoms with van der Waals surface area (Å²) in [6.45, 7) is 2.20. The number of esters is 1. The number of anilines is 2. The molecule has 2 heterocycles. The van der Waals surface area contributed by atoms with Gasteiger partial charge in [-0.25, -0.2) is 17.6 Å². The highest BCUT2D eigenvalue weighted by Crippen LogP contribution is 2.38. The molecule has 8 nitrogen and oxygen atoms in total. The lowest BCUT2D eigenvalue weighted by Crippen LogP contribution is -2.29. The number of hydrogen-bond acceptors (Lipinski definition) is 7. The van der Waals surface area contributed by atoms with Crippen LogP contribution in [0.5, 0.6) is 0 Å². The Balaban J connectivity index is 1.31. The Labute approximate surface area is 235 Å². The predicted octanol–water partition coefficient (Wildman–Crippen LogP) is 5.29. The first-order chi connectivity index (χ1) is 19.2. The number of carbonyl (C=O) groups excluding carboxylic acids is 2. The fourth-order valence-corrected chi connectivity index (χ4v) is 6.86. The molecule has 0 aliphatic carbocycles. The van der Waals surface area contributed by atoms with E-state index in [1.807, 2.05) is 18.2 Å². The second kappa shape index (κ2) is 11.6. The first kappa shape index (κ1) is 27.5. The fraction of sp³-hybridized carbons (Fsp3) is 0.172. The molecule has 206 valence electrons. The number of nitrogens with zero attached hydrogens (tertiary/aromatic N) is 1. The molecule has 4 aromatic rings. The van der Waals surface area contributed by atoms with E-state index in [1.165, 1.54) is 60.4 Å². The SMILES string of the molecule is COC(=O)c1c(NC(=O)c2ccc(NS(=O)(=O)c3ccc(F)cc3)cc2)sc2c1CCN(Cc1ccccc1)C2. The van der Waals surface area contributed by atoms with Crippen molar-refractivity contribution in [3.05, 3.63) is 112 Å². The number of amides is 1. The van der Waals surface area contributed by atoms with Gasteiger partial charge in [0.1, 0.15) is 10.8 Å². The maximum atomic E-state index is 13.2. The lowest BCUT2D eigenvalue weighted by atomic mass is 10.0. The summed E-state index contributed by atoms with van der Waals surface area (Å²) in [6.07, 6.45) is 0.655. The molecule has 0 saturated heterocycles. The van der Waals surface area contributed by atoms with Crippen molar-refractivity contribution in [3.63, 3.8) is 0 Å². The van der Waals surface area contributed by atoms with Crippen LogP contribution in [0.4, 0.5) is 15.1 Å². The van der Waals surface area contributed by atoms with E-state index < -0.39 is 27.7 Å². The third-order valence-electron chi connectivity index (χ3n) is 6.52. The molecule has 0 atom stereocenters. The van der Waals surface area contributed by atoms with Crippen LogP contribution >= 0.6 is 11.3 Å². The highest BCUT2D eigenvalue weighted by molar-refractivity contribution is 7.92. The zero-order chi connectivity index (χ0) is 28.3. The number of halogens is 1. The number of fused-ring (bicyclic) bond motifs is 1. The molecule has 2 N–H and O–H groups in total. The number of methoxy groups -OCH3 is 1. The van der Waals surface area contributed by atoms with Crippen LogP contribution in [0.15, 0.2) is 83.8 Å². The van der Waals surface area contributed by atoms with Gasteiger partial charge in [0.25, 0.3) is 15.9 Å². The molecule has 0 unspecified atom stereocenters. The van der Waals surface area contributed by atoms with Gasteiger partial charge in [-0.15, -0.1) is 11.3 Å². The van der Waals surface area contributed by atoms with Crippen molar-refractivity contribution >= 4 is 43.9 Å². The van der Waals surface area contributed by atoms with Crippen LogP contribution in [0.1, 0.15) is 36.7 Å². The second-order valence-corrected chi connectivity index (χ2v) is 12.0. The van der Waals surface area contributed by atoms with Gasteiger partial charge in [0.2, 0.25) is 0 Å². The molecule has 40 heavy (non-hydrogen) atoms. The van der Waals surface area contributed by atoms with Crippen LogP contribution in [0.2, 0.25) is 0 Å². The molecule has 0 radical (unpaired) electrons. The van der Waals surface area contributed by atoms with Crippen LogP contribution < -0.4 is 10.0 Å². The molecule has 0 bridgehead atoms. The minimum atomic E-state index is -3.93. The largest absolute Gasteiger partial charge is 0.465 e. The van der Waals surface area contributed by atoms with E-state index in [2.05, 4.69) is 27.1 Å². The van der Waals surface area contributed by atoms with Gasteiger partial charge in [-0.1, -0.05) is 30.3 Å². The Bertz CT molecular complexity index is 1640. The molecular weight excluding hydrogens is 553 g/mol. The van der Waals surface area contributed by atoms with Crippen molar-refractivity contribution in [2.75, 3.05) is 23.7 Å². The molecule has 1 aromatic heterocycles. The molecule has 0 saturated carbocycles. The predicted molar refractivity (Wildman–Crippen MR) is 152 cm³/mol. The molecule has 3 aromatic carbocycles. The lowest BCUT2D eigenvalue weighted by molar-refractivity contribution is 0.0600. The average Bonchev–Trinajstić information content (AvgIpc) is 3.30.